The van der Waals surface area contributed by atoms with Crippen molar-refractivity contribution in [3.63, 3.8) is 0 Å². The predicted molar refractivity (Wildman–Crippen MR) is 160 cm³/mol. The average Bonchev–Trinajstić information content (AvgIpc) is 2.91. The molecule has 1 aliphatic rings. The number of rotatable bonds is 14. The first-order valence-electron chi connectivity index (χ1n) is 14.3. The molecule has 2 aromatic rings. The minimum absolute atomic E-state index is 0. The molecule has 7 heteroatoms. The third-order valence-corrected chi connectivity index (χ3v) is 8.55. The molecule has 39 heavy (non-hydrogen) atoms. The van der Waals surface area contributed by atoms with Crippen LogP contribution in [0, 0.1) is 12.8 Å². The summed E-state index contributed by atoms with van der Waals surface area (Å²) in [5, 5.41) is 16.3. The molecular formula is C32H46LiN2O3S+. The van der Waals surface area contributed by atoms with Crippen molar-refractivity contribution >= 4 is 23.6 Å². The Bertz CT molecular complexity index is 1060. The molecule has 208 valence electrons. The maximum atomic E-state index is 13.4. The zero-order chi connectivity index (χ0) is 27.5. The Morgan fingerprint density at radius 1 is 1.05 bits per heavy atom. The number of aliphatic carboxylic acids is 1. The normalized spacial score (nSPS) is 16.1. The zero-order valence-electron chi connectivity index (χ0n) is 24.6. The fourth-order valence-electron chi connectivity index (χ4n) is 5.75. The van der Waals surface area contributed by atoms with Crippen LogP contribution in [0.5, 0.6) is 0 Å². The SMILES string of the molecule is CCCC(CC1CCCCC1)NC(C)c1ccc(C(=O)NC(CCSC)C(=O)O)c(-c2ccccc2C)c1.[Li+]. The van der Waals surface area contributed by atoms with E-state index in [1.54, 1.807) is 11.8 Å². The van der Waals surface area contributed by atoms with Crippen LogP contribution < -0.4 is 29.5 Å². The van der Waals surface area contributed by atoms with E-state index in [1.165, 1.54) is 44.9 Å². The Labute approximate surface area is 251 Å². The molecule has 0 radical (unpaired) electrons. The fraction of sp³-hybridized carbons (Fsp3) is 0.562. The molecule has 2 aromatic carbocycles. The van der Waals surface area contributed by atoms with E-state index in [9.17, 15) is 14.7 Å². The third kappa shape index (κ3) is 10.0. The number of nitrogens with one attached hydrogen (secondary N) is 2. The van der Waals surface area contributed by atoms with E-state index < -0.39 is 12.0 Å². The zero-order valence-corrected chi connectivity index (χ0v) is 25.4. The number of aryl methyl sites for hydroxylation is 1. The van der Waals surface area contributed by atoms with Crippen molar-refractivity contribution < 1.29 is 33.6 Å². The molecule has 1 saturated carbocycles. The molecule has 1 aliphatic carbocycles. The summed E-state index contributed by atoms with van der Waals surface area (Å²) in [6.45, 7) is 6.52. The van der Waals surface area contributed by atoms with Gasteiger partial charge in [0, 0.05) is 17.6 Å². The van der Waals surface area contributed by atoms with Crippen LogP contribution in [-0.4, -0.2) is 41.1 Å². The Kier molecular flexibility index (Phi) is 14.8. The molecule has 0 saturated heterocycles. The summed E-state index contributed by atoms with van der Waals surface area (Å²) in [4.78, 5) is 25.2. The van der Waals surface area contributed by atoms with Gasteiger partial charge in [0.1, 0.15) is 6.04 Å². The van der Waals surface area contributed by atoms with Crippen LogP contribution >= 0.6 is 11.8 Å². The molecule has 3 rings (SSSR count). The number of benzene rings is 2. The molecule has 0 bridgehead atoms. The van der Waals surface area contributed by atoms with Gasteiger partial charge in [-0.15, -0.1) is 0 Å². The predicted octanol–water partition coefficient (Wildman–Crippen LogP) is 4.39. The van der Waals surface area contributed by atoms with Crippen molar-refractivity contribution in [3.8, 4) is 11.1 Å². The number of hydrogen-bond donors (Lipinski definition) is 3. The summed E-state index contributed by atoms with van der Waals surface area (Å²) >= 11 is 1.57. The molecule has 5 nitrogen and oxygen atoms in total. The van der Waals surface area contributed by atoms with E-state index in [0.717, 1.165) is 34.6 Å². The molecule has 0 heterocycles. The van der Waals surface area contributed by atoms with Crippen LogP contribution in [0.2, 0.25) is 0 Å². The van der Waals surface area contributed by atoms with E-state index in [1.807, 2.05) is 49.6 Å². The van der Waals surface area contributed by atoms with Gasteiger partial charge in [0.15, 0.2) is 0 Å². The van der Waals surface area contributed by atoms with Crippen LogP contribution in [0.4, 0.5) is 0 Å². The van der Waals surface area contributed by atoms with Crippen LogP contribution in [0.3, 0.4) is 0 Å². The molecule has 3 unspecified atom stereocenters. The van der Waals surface area contributed by atoms with E-state index >= 15 is 0 Å². The van der Waals surface area contributed by atoms with Crippen molar-refractivity contribution in [1.82, 2.24) is 10.6 Å². The number of amides is 1. The molecule has 3 N–H and O–H groups in total. The van der Waals surface area contributed by atoms with Crippen molar-refractivity contribution in [2.75, 3.05) is 12.0 Å². The first kappa shape index (κ1) is 33.5. The Morgan fingerprint density at radius 3 is 2.41 bits per heavy atom. The standard InChI is InChI=1S/C32H46N2O3S.Li/c1-5-11-26(20-24-13-7-6-8-14-24)33-23(3)25-16-17-28(29(21-25)27-15-10-9-12-22(27)2)31(35)34-30(32(36)37)18-19-38-4;/h9-10,12,15-17,21,23-24,26,30,33H,5-8,11,13-14,18-20H2,1-4H3,(H,34,35)(H,36,37);/q;+1. The molecule has 0 spiro atoms. The Balaban J connectivity index is 0.00000533. The summed E-state index contributed by atoms with van der Waals surface area (Å²) in [5.74, 6) is 0.148. The maximum absolute atomic E-state index is 13.4. The molecule has 1 amide bonds. The average molecular weight is 546 g/mol. The topological polar surface area (TPSA) is 78.4 Å². The number of thioether (sulfide) groups is 1. The first-order chi connectivity index (χ1) is 18.3. The van der Waals surface area contributed by atoms with Crippen molar-refractivity contribution in [2.45, 2.75) is 96.7 Å². The Morgan fingerprint density at radius 2 is 1.77 bits per heavy atom. The molecular weight excluding hydrogens is 499 g/mol. The smallest absolute Gasteiger partial charge is 0.480 e. The van der Waals surface area contributed by atoms with Crippen molar-refractivity contribution in [3.05, 3.63) is 59.2 Å². The quantitative estimate of drug-likeness (QED) is 0.307. The number of carboxylic acids is 1. The summed E-state index contributed by atoms with van der Waals surface area (Å²) in [7, 11) is 0. The van der Waals surface area contributed by atoms with Gasteiger partial charge in [0.2, 0.25) is 0 Å². The summed E-state index contributed by atoms with van der Waals surface area (Å²) in [6, 6.07) is 13.8. The van der Waals surface area contributed by atoms with E-state index in [2.05, 4.69) is 30.5 Å². The van der Waals surface area contributed by atoms with Gasteiger partial charge in [-0.1, -0.05) is 75.8 Å². The first-order valence-corrected chi connectivity index (χ1v) is 15.7. The minimum Gasteiger partial charge on any atom is -0.480 e. The van der Waals surface area contributed by atoms with Crippen LogP contribution in [-0.2, 0) is 4.79 Å². The number of hydrogen-bond acceptors (Lipinski definition) is 4. The second-order valence-electron chi connectivity index (χ2n) is 10.9. The van der Waals surface area contributed by atoms with Crippen LogP contribution in [0.15, 0.2) is 42.5 Å². The second-order valence-corrected chi connectivity index (χ2v) is 11.9. The second kappa shape index (κ2) is 17.2. The molecule has 0 aliphatic heterocycles. The third-order valence-electron chi connectivity index (χ3n) is 7.90. The van der Waals surface area contributed by atoms with Gasteiger partial charge in [-0.2, -0.15) is 11.8 Å². The molecule has 1 fully saturated rings. The van der Waals surface area contributed by atoms with E-state index in [-0.39, 0.29) is 30.8 Å². The van der Waals surface area contributed by atoms with E-state index in [0.29, 0.717) is 23.8 Å². The summed E-state index contributed by atoms with van der Waals surface area (Å²) < 4.78 is 0. The van der Waals surface area contributed by atoms with Gasteiger partial charge >= 0.3 is 24.8 Å². The largest absolute Gasteiger partial charge is 1.00 e. The van der Waals surface area contributed by atoms with Gasteiger partial charge in [-0.05, 0) is 85.4 Å². The number of carboxylic acid groups (broad SMARTS) is 1. The Hall–Kier alpha value is -1.71. The summed E-state index contributed by atoms with van der Waals surface area (Å²) in [5.41, 5.74) is 4.58. The van der Waals surface area contributed by atoms with Crippen LogP contribution in [0.1, 0.15) is 99.2 Å². The van der Waals surface area contributed by atoms with Gasteiger partial charge in [-0.25, -0.2) is 4.79 Å². The van der Waals surface area contributed by atoms with Gasteiger partial charge in [-0.3, -0.25) is 4.79 Å². The van der Waals surface area contributed by atoms with Gasteiger partial charge in [0.25, 0.3) is 5.91 Å². The minimum atomic E-state index is -1.00. The van der Waals surface area contributed by atoms with Gasteiger partial charge in [0.05, 0.1) is 0 Å². The fourth-order valence-corrected chi connectivity index (χ4v) is 6.22. The van der Waals surface area contributed by atoms with Crippen LogP contribution in [0.25, 0.3) is 11.1 Å². The maximum Gasteiger partial charge on any atom is 1.00 e. The monoisotopic (exact) mass is 545 g/mol. The number of carbonyl (C=O) groups excluding carboxylic acids is 1. The van der Waals surface area contributed by atoms with Crippen molar-refractivity contribution in [2.24, 2.45) is 5.92 Å². The molecule has 0 aromatic heterocycles. The number of carbonyl (C=O) groups is 2. The van der Waals surface area contributed by atoms with Gasteiger partial charge < -0.3 is 15.7 Å². The van der Waals surface area contributed by atoms with Crippen molar-refractivity contribution in [1.29, 1.82) is 0 Å². The summed E-state index contributed by atoms with van der Waals surface area (Å²) in [6.07, 6.45) is 12.7. The molecule has 3 atom stereocenters. The van der Waals surface area contributed by atoms with E-state index in [4.69, 9.17) is 0 Å².